The van der Waals surface area contributed by atoms with Crippen LogP contribution in [0.1, 0.15) is 12.8 Å². The number of methoxy groups -OCH3 is 1. The van der Waals surface area contributed by atoms with Crippen LogP contribution >= 0.6 is 0 Å². The van der Waals surface area contributed by atoms with E-state index >= 15 is 0 Å². The first-order valence-corrected chi connectivity index (χ1v) is 7.81. The maximum Gasteiger partial charge on any atom is 0.311 e. The molecule has 1 fully saturated rings. The number of nitrogens with zero attached hydrogens (tertiary/aromatic N) is 3. The largest absolute Gasteiger partial charge is 0.490 e. The second-order valence-electron chi connectivity index (χ2n) is 5.96. The van der Waals surface area contributed by atoms with Gasteiger partial charge in [-0.1, -0.05) is 0 Å². The lowest BCUT2D eigenvalue weighted by atomic mass is 10.0. The van der Waals surface area contributed by atoms with E-state index in [2.05, 4.69) is 4.90 Å². The van der Waals surface area contributed by atoms with E-state index in [0.717, 1.165) is 12.8 Å². The third kappa shape index (κ3) is 4.35. The SMILES string of the molecule is COc1cc(OCC(=O)N2CCC(N(C)C)CC2)ccc1[N+](=O)[O-]. The summed E-state index contributed by atoms with van der Waals surface area (Å²) in [6, 6.07) is 4.70. The van der Waals surface area contributed by atoms with Gasteiger partial charge in [0.25, 0.3) is 5.91 Å². The molecule has 1 aliphatic rings. The van der Waals surface area contributed by atoms with Crippen molar-refractivity contribution >= 4 is 11.6 Å². The zero-order valence-corrected chi connectivity index (χ0v) is 14.2. The molecule has 0 radical (unpaired) electrons. The van der Waals surface area contributed by atoms with Gasteiger partial charge in [0, 0.05) is 31.3 Å². The molecule has 1 amide bonds. The Morgan fingerprint density at radius 3 is 2.58 bits per heavy atom. The molecule has 132 valence electrons. The Hall–Kier alpha value is -2.35. The maximum absolute atomic E-state index is 12.2. The number of likely N-dealkylation sites (tertiary alicyclic amines) is 1. The molecule has 8 nitrogen and oxygen atoms in total. The summed E-state index contributed by atoms with van der Waals surface area (Å²) < 4.78 is 10.5. The molecule has 0 aliphatic carbocycles. The molecule has 2 rings (SSSR count). The van der Waals surface area contributed by atoms with Crippen molar-refractivity contribution in [2.75, 3.05) is 40.9 Å². The molecule has 8 heteroatoms. The van der Waals surface area contributed by atoms with Crippen LogP contribution in [0.5, 0.6) is 11.5 Å². The van der Waals surface area contributed by atoms with E-state index in [-0.39, 0.29) is 24.0 Å². The second kappa shape index (κ2) is 7.96. The Balaban J connectivity index is 1.89. The van der Waals surface area contributed by atoms with E-state index in [1.807, 2.05) is 14.1 Å². The number of nitro groups is 1. The van der Waals surface area contributed by atoms with Gasteiger partial charge in [0.1, 0.15) is 5.75 Å². The highest BCUT2D eigenvalue weighted by molar-refractivity contribution is 5.77. The predicted octanol–water partition coefficient (Wildman–Crippen LogP) is 1.53. The number of nitro benzene ring substituents is 1. The molecule has 1 aliphatic heterocycles. The summed E-state index contributed by atoms with van der Waals surface area (Å²) in [6.07, 6.45) is 1.90. The van der Waals surface area contributed by atoms with Crippen molar-refractivity contribution in [2.45, 2.75) is 18.9 Å². The van der Waals surface area contributed by atoms with Gasteiger partial charge in [0.2, 0.25) is 5.75 Å². The minimum atomic E-state index is -0.525. The zero-order valence-electron chi connectivity index (χ0n) is 14.2. The number of hydrogen-bond donors (Lipinski definition) is 0. The Morgan fingerprint density at radius 1 is 1.38 bits per heavy atom. The first-order valence-electron chi connectivity index (χ1n) is 7.81. The lowest BCUT2D eigenvalue weighted by Gasteiger charge is -2.35. The normalized spacial score (nSPS) is 15.4. The summed E-state index contributed by atoms with van der Waals surface area (Å²) in [7, 11) is 5.45. The highest BCUT2D eigenvalue weighted by Crippen LogP contribution is 2.30. The van der Waals surface area contributed by atoms with Gasteiger partial charge in [-0.3, -0.25) is 14.9 Å². The van der Waals surface area contributed by atoms with Crippen LogP contribution in [-0.4, -0.2) is 67.6 Å². The molecule has 0 aromatic heterocycles. The zero-order chi connectivity index (χ0) is 17.7. The van der Waals surface area contributed by atoms with Crippen LogP contribution in [0.3, 0.4) is 0 Å². The average Bonchev–Trinajstić information content (AvgIpc) is 2.59. The van der Waals surface area contributed by atoms with Crippen molar-refractivity contribution in [2.24, 2.45) is 0 Å². The lowest BCUT2D eigenvalue weighted by molar-refractivity contribution is -0.385. The van der Waals surface area contributed by atoms with Crippen molar-refractivity contribution in [3.8, 4) is 11.5 Å². The molecule has 1 aromatic carbocycles. The summed E-state index contributed by atoms with van der Waals surface area (Å²) in [5, 5.41) is 10.9. The van der Waals surface area contributed by atoms with Crippen LogP contribution in [0.4, 0.5) is 5.69 Å². The molecular formula is C16H23N3O5. The monoisotopic (exact) mass is 337 g/mol. The topological polar surface area (TPSA) is 85.2 Å². The Labute approximate surface area is 141 Å². The summed E-state index contributed by atoms with van der Waals surface area (Å²) >= 11 is 0. The number of carbonyl (C=O) groups excluding carboxylic acids is 1. The molecular weight excluding hydrogens is 314 g/mol. The van der Waals surface area contributed by atoms with Gasteiger partial charge < -0.3 is 19.3 Å². The van der Waals surface area contributed by atoms with Crippen LogP contribution in [0.15, 0.2) is 18.2 Å². The van der Waals surface area contributed by atoms with Crippen molar-refractivity contribution < 1.29 is 19.2 Å². The number of amides is 1. The first kappa shape index (κ1) is 18.0. The van der Waals surface area contributed by atoms with Crippen LogP contribution in [0, 0.1) is 10.1 Å². The number of hydrogen-bond acceptors (Lipinski definition) is 6. The van der Waals surface area contributed by atoms with Crippen LogP contribution in [0.25, 0.3) is 0 Å². The summed E-state index contributed by atoms with van der Waals surface area (Å²) in [5.41, 5.74) is -0.137. The Bertz CT molecular complexity index is 597. The molecule has 0 atom stereocenters. The highest BCUT2D eigenvalue weighted by atomic mass is 16.6. The van der Waals surface area contributed by atoms with Gasteiger partial charge in [0.15, 0.2) is 6.61 Å². The number of carbonyl (C=O) groups is 1. The van der Waals surface area contributed by atoms with E-state index in [4.69, 9.17) is 9.47 Å². The summed E-state index contributed by atoms with van der Waals surface area (Å²) in [5.74, 6) is 0.398. The number of benzene rings is 1. The summed E-state index contributed by atoms with van der Waals surface area (Å²) in [6.45, 7) is 1.34. The third-order valence-electron chi connectivity index (χ3n) is 4.26. The van der Waals surface area contributed by atoms with Gasteiger partial charge in [-0.25, -0.2) is 0 Å². The predicted molar refractivity (Wildman–Crippen MR) is 88.4 cm³/mol. The molecule has 0 unspecified atom stereocenters. The van der Waals surface area contributed by atoms with Crippen molar-refractivity contribution in [1.29, 1.82) is 0 Å². The second-order valence-corrected chi connectivity index (χ2v) is 5.96. The molecule has 1 aromatic rings. The smallest absolute Gasteiger partial charge is 0.311 e. The lowest BCUT2D eigenvalue weighted by Crippen LogP contribution is -2.45. The molecule has 0 spiro atoms. The quantitative estimate of drug-likeness (QED) is 0.578. The van der Waals surface area contributed by atoms with E-state index in [9.17, 15) is 14.9 Å². The van der Waals surface area contributed by atoms with Crippen molar-refractivity contribution in [1.82, 2.24) is 9.80 Å². The average molecular weight is 337 g/mol. The molecule has 24 heavy (non-hydrogen) atoms. The number of piperidine rings is 1. The van der Waals surface area contributed by atoms with E-state index < -0.39 is 4.92 Å². The highest BCUT2D eigenvalue weighted by Gasteiger charge is 2.24. The van der Waals surface area contributed by atoms with Gasteiger partial charge in [-0.15, -0.1) is 0 Å². The van der Waals surface area contributed by atoms with Gasteiger partial charge in [0.05, 0.1) is 12.0 Å². The number of rotatable bonds is 6. The fourth-order valence-electron chi connectivity index (χ4n) is 2.77. The minimum absolute atomic E-state index is 0.0791. The molecule has 0 saturated carbocycles. The van der Waals surface area contributed by atoms with E-state index in [1.54, 1.807) is 4.90 Å². The van der Waals surface area contributed by atoms with Crippen LogP contribution in [-0.2, 0) is 4.79 Å². The minimum Gasteiger partial charge on any atom is -0.490 e. The van der Waals surface area contributed by atoms with Crippen molar-refractivity contribution in [3.05, 3.63) is 28.3 Å². The van der Waals surface area contributed by atoms with Crippen LogP contribution in [0.2, 0.25) is 0 Å². The fraction of sp³-hybridized carbons (Fsp3) is 0.562. The van der Waals surface area contributed by atoms with Crippen LogP contribution < -0.4 is 9.47 Å². The Kier molecular flexibility index (Phi) is 5.97. The summed E-state index contributed by atoms with van der Waals surface area (Å²) in [4.78, 5) is 26.5. The standard InChI is InChI=1S/C16H23N3O5/c1-17(2)12-6-8-18(9-7-12)16(20)11-24-13-4-5-14(19(21)22)15(10-13)23-3/h4-5,10,12H,6-9,11H2,1-3H3. The first-order chi connectivity index (χ1) is 11.4. The molecule has 1 saturated heterocycles. The van der Waals surface area contributed by atoms with E-state index in [0.29, 0.717) is 24.9 Å². The molecule has 0 bridgehead atoms. The maximum atomic E-state index is 12.2. The van der Waals surface area contributed by atoms with Crippen molar-refractivity contribution in [3.63, 3.8) is 0 Å². The molecule has 1 heterocycles. The molecule has 0 N–H and O–H groups in total. The fourth-order valence-corrected chi connectivity index (χ4v) is 2.77. The number of ether oxygens (including phenoxy) is 2. The third-order valence-corrected chi connectivity index (χ3v) is 4.26. The van der Waals surface area contributed by atoms with Gasteiger partial charge in [-0.2, -0.15) is 0 Å². The van der Waals surface area contributed by atoms with Gasteiger partial charge in [-0.05, 0) is 33.0 Å². The van der Waals surface area contributed by atoms with E-state index in [1.165, 1.54) is 25.3 Å². The van der Waals surface area contributed by atoms with Gasteiger partial charge >= 0.3 is 5.69 Å². The Morgan fingerprint density at radius 2 is 2.04 bits per heavy atom.